The molecule has 7 heteroatoms. The van der Waals surface area contributed by atoms with Gasteiger partial charge in [-0.1, -0.05) is 12.1 Å². The highest BCUT2D eigenvalue weighted by molar-refractivity contribution is 6.02. The van der Waals surface area contributed by atoms with Crippen LogP contribution in [0, 0.1) is 5.82 Å². The number of benzene rings is 2. The number of anilines is 2. The molecule has 0 unspecified atom stereocenters. The molecule has 6 nitrogen and oxygen atoms in total. The lowest BCUT2D eigenvalue weighted by Gasteiger charge is -2.20. The van der Waals surface area contributed by atoms with Gasteiger partial charge in [-0.05, 0) is 62.7 Å². The van der Waals surface area contributed by atoms with E-state index in [1.165, 1.54) is 31.4 Å². The van der Waals surface area contributed by atoms with Gasteiger partial charge in [0, 0.05) is 11.8 Å². The van der Waals surface area contributed by atoms with E-state index in [0.717, 1.165) is 0 Å². The summed E-state index contributed by atoms with van der Waals surface area (Å²) in [6, 6.07) is 10.7. The van der Waals surface area contributed by atoms with E-state index in [1.807, 2.05) is 0 Å². The van der Waals surface area contributed by atoms with Crippen LogP contribution in [0.5, 0.6) is 5.75 Å². The number of rotatable bonds is 5. The van der Waals surface area contributed by atoms with Crippen molar-refractivity contribution in [3.05, 3.63) is 59.9 Å². The van der Waals surface area contributed by atoms with E-state index >= 15 is 0 Å². The highest BCUT2D eigenvalue weighted by Crippen LogP contribution is 2.28. The maximum Gasteiger partial charge on any atom is 0.412 e. The fourth-order valence-corrected chi connectivity index (χ4v) is 2.26. The maximum atomic E-state index is 13.2. The number of carbonyl (C=O) groups is 2. The van der Waals surface area contributed by atoms with Crippen molar-refractivity contribution in [3.8, 4) is 5.75 Å². The van der Waals surface area contributed by atoms with Crippen LogP contribution in [0.15, 0.2) is 48.5 Å². The van der Waals surface area contributed by atoms with Crippen LogP contribution >= 0.6 is 0 Å². The van der Waals surface area contributed by atoms with Gasteiger partial charge in [0.05, 0.1) is 12.8 Å². The molecule has 2 aromatic rings. The second-order valence-corrected chi connectivity index (χ2v) is 6.92. The van der Waals surface area contributed by atoms with Gasteiger partial charge in [-0.2, -0.15) is 0 Å². The molecule has 0 atom stereocenters. The van der Waals surface area contributed by atoms with Gasteiger partial charge >= 0.3 is 6.09 Å². The molecule has 0 saturated heterocycles. The van der Waals surface area contributed by atoms with Crippen LogP contribution in [0.3, 0.4) is 0 Å². The van der Waals surface area contributed by atoms with Crippen LogP contribution in [-0.4, -0.2) is 24.7 Å². The third-order valence-corrected chi connectivity index (χ3v) is 3.38. The van der Waals surface area contributed by atoms with Gasteiger partial charge in [0.25, 0.3) is 0 Å². The molecule has 28 heavy (non-hydrogen) atoms. The van der Waals surface area contributed by atoms with Crippen molar-refractivity contribution in [1.82, 2.24) is 0 Å². The Morgan fingerprint density at radius 3 is 2.46 bits per heavy atom. The second kappa shape index (κ2) is 9.03. The number of methoxy groups -OCH3 is 1. The first kappa shape index (κ1) is 21.0. The minimum absolute atomic E-state index is 0.351. The topological polar surface area (TPSA) is 76.7 Å². The summed E-state index contributed by atoms with van der Waals surface area (Å²) in [4.78, 5) is 24.1. The zero-order chi connectivity index (χ0) is 20.7. The smallest absolute Gasteiger partial charge is 0.412 e. The molecule has 148 valence electrons. The van der Waals surface area contributed by atoms with Crippen molar-refractivity contribution >= 4 is 29.5 Å². The molecule has 0 fully saturated rings. The third kappa shape index (κ3) is 6.75. The van der Waals surface area contributed by atoms with Gasteiger partial charge in [0.2, 0.25) is 5.91 Å². The van der Waals surface area contributed by atoms with E-state index in [-0.39, 0.29) is 5.82 Å². The average molecular weight is 386 g/mol. The molecule has 0 bridgehead atoms. The molecule has 0 aliphatic carbocycles. The van der Waals surface area contributed by atoms with Gasteiger partial charge in [-0.3, -0.25) is 10.1 Å². The van der Waals surface area contributed by atoms with E-state index in [0.29, 0.717) is 22.7 Å². The first-order chi connectivity index (χ1) is 13.2. The fraction of sp³-hybridized carbons (Fsp3) is 0.238. The SMILES string of the molecule is COc1ccc(NC(=O)/C=C/c2cccc(F)c2)cc1NC(=O)OC(C)(C)C. The molecule has 0 aliphatic heterocycles. The van der Waals surface area contributed by atoms with Crippen molar-refractivity contribution in [1.29, 1.82) is 0 Å². The molecule has 0 saturated carbocycles. The number of ether oxygens (including phenoxy) is 2. The van der Waals surface area contributed by atoms with Crippen molar-refractivity contribution in [2.45, 2.75) is 26.4 Å². The van der Waals surface area contributed by atoms with E-state index < -0.39 is 17.6 Å². The minimum atomic E-state index is -0.648. The number of carbonyl (C=O) groups excluding carboxylic acids is 2. The molecule has 2 N–H and O–H groups in total. The third-order valence-electron chi connectivity index (χ3n) is 3.38. The second-order valence-electron chi connectivity index (χ2n) is 6.92. The molecule has 2 aromatic carbocycles. The quantitative estimate of drug-likeness (QED) is 0.722. The summed E-state index contributed by atoms with van der Waals surface area (Å²) in [6.07, 6.45) is 2.15. The van der Waals surface area contributed by atoms with Gasteiger partial charge in [-0.25, -0.2) is 9.18 Å². The Balaban J connectivity index is 2.09. The summed E-state index contributed by atoms with van der Waals surface area (Å²) < 4.78 is 23.6. The monoisotopic (exact) mass is 386 g/mol. The molecular weight excluding hydrogens is 363 g/mol. The van der Waals surface area contributed by atoms with Crippen LogP contribution in [0.1, 0.15) is 26.3 Å². The molecule has 0 aromatic heterocycles. The van der Waals surface area contributed by atoms with Crippen LogP contribution in [-0.2, 0) is 9.53 Å². The summed E-state index contributed by atoms with van der Waals surface area (Å²) in [5, 5.41) is 5.27. The van der Waals surface area contributed by atoms with Crippen LogP contribution in [0.25, 0.3) is 6.08 Å². The molecule has 2 rings (SSSR count). The zero-order valence-electron chi connectivity index (χ0n) is 16.2. The first-order valence-corrected chi connectivity index (χ1v) is 8.59. The minimum Gasteiger partial charge on any atom is -0.495 e. The Bertz CT molecular complexity index is 888. The Hall–Kier alpha value is -3.35. The predicted molar refractivity (Wildman–Crippen MR) is 107 cm³/mol. The van der Waals surface area contributed by atoms with E-state index in [1.54, 1.807) is 51.1 Å². The first-order valence-electron chi connectivity index (χ1n) is 8.59. The normalized spacial score (nSPS) is 11.2. The zero-order valence-corrected chi connectivity index (χ0v) is 16.2. The Kier molecular flexibility index (Phi) is 6.76. The van der Waals surface area contributed by atoms with E-state index in [2.05, 4.69) is 10.6 Å². The lowest BCUT2D eigenvalue weighted by atomic mass is 10.2. The van der Waals surface area contributed by atoms with Crippen molar-refractivity contribution < 1.29 is 23.5 Å². The number of amides is 2. The number of halogens is 1. The average Bonchev–Trinajstić information content (AvgIpc) is 2.59. The predicted octanol–water partition coefficient (Wildman–Crippen LogP) is 4.83. The highest BCUT2D eigenvalue weighted by atomic mass is 19.1. The van der Waals surface area contributed by atoms with Gasteiger partial charge in [-0.15, -0.1) is 0 Å². The van der Waals surface area contributed by atoms with Gasteiger partial charge in [0.15, 0.2) is 0 Å². The Morgan fingerprint density at radius 2 is 1.82 bits per heavy atom. The molecular formula is C21H23FN2O4. The summed E-state index contributed by atoms with van der Waals surface area (Å²) in [5.41, 5.74) is 0.715. The summed E-state index contributed by atoms with van der Waals surface area (Å²) in [7, 11) is 1.47. The largest absolute Gasteiger partial charge is 0.495 e. The van der Waals surface area contributed by atoms with Gasteiger partial charge in [0.1, 0.15) is 17.2 Å². The summed E-state index contributed by atoms with van der Waals surface area (Å²) in [5.74, 6) is -0.368. The lowest BCUT2D eigenvalue weighted by Crippen LogP contribution is -2.27. The fourth-order valence-electron chi connectivity index (χ4n) is 2.26. The van der Waals surface area contributed by atoms with E-state index in [9.17, 15) is 14.0 Å². The number of hydrogen-bond acceptors (Lipinski definition) is 4. The Labute approximate surface area is 163 Å². The van der Waals surface area contributed by atoms with Crippen molar-refractivity contribution in [2.24, 2.45) is 0 Å². The van der Waals surface area contributed by atoms with Crippen LogP contribution in [0.2, 0.25) is 0 Å². The maximum absolute atomic E-state index is 13.2. The summed E-state index contributed by atoms with van der Waals surface area (Å²) in [6.45, 7) is 5.27. The van der Waals surface area contributed by atoms with Crippen molar-refractivity contribution in [2.75, 3.05) is 17.7 Å². The van der Waals surface area contributed by atoms with E-state index in [4.69, 9.17) is 9.47 Å². The standard InChI is InChI=1S/C21H23FN2O4/c1-21(2,3)28-20(26)24-17-13-16(9-10-18(17)27-4)23-19(25)11-8-14-6-5-7-15(22)12-14/h5-13H,1-4H3,(H,23,25)(H,24,26)/b11-8+. The highest BCUT2D eigenvalue weighted by Gasteiger charge is 2.18. The molecule has 2 amide bonds. The lowest BCUT2D eigenvalue weighted by molar-refractivity contribution is -0.111. The molecule has 0 spiro atoms. The molecule has 0 heterocycles. The molecule has 0 radical (unpaired) electrons. The van der Waals surface area contributed by atoms with Crippen LogP contribution < -0.4 is 15.4 Å². The Morgan fingerprint density at radius 1 is 1.07 bits per heavy atom. The van der Waals surface area contributed by atoms with Crippen molar-refractivity contribution in [3.63, 3.8) is 0 Å². The molecule has 0 aliphatic rings. The van der Waals surface area contributed by atoms with Crippen LogP contribution in [0.4, 0.5) is 20.6 Å². The number of nitrogens with one attached hydrogen (secondary N) is 2. The summed E-state index contributed by atoms with van der Waals surface area (Å²) >= 11 is 0. The van der Waals surface area contributed by atoms with Gasteiger partial charge < -0.3 is 14.8 Å². The number of hydrogen-bond donors (Lipinski definition) is 2.